The van der Waals surface area contributed by atoms with E-state index >= 15 is 0 Å². The van der Waals surface area contributed by atoms with Crippen molar-refractivity contribution in [2.45, 2.75) is 20.8 Å². The van der Waals surface area contributed by atoms with Crippen molar-refractivity contribution in [3.8, 4) is 0 Å². The molecule has 1 aromatic heterocycles. The first kappa shape index (κ1) is 12.4. The molecule has 0 atom stereocenters. The third-order valence-electron chi connectivity index (χ3n) is 1.93. The Morgan fingerprint density at radius 1 is 1.44 bits per heavy atom. The van der Waals surface area contributed by atoms with E-state index in [0.717, 1.165) is 0 Å². The first-order valence-electron chi connectivity index (χ1n) is 5.12. The van der Waals surface area contributed by atoms with E-state index in [2.05, 4.69) is 30.7 Å². The monoisotopic (exact) mass is 222 g/mol. The summed E-state index contributed by atoms with van der Waals surface area (Å²) in [5, 5.41) is 0. The summed E-state index contributed by atoms with van der Waals surface area (Å²) in [6, 6.07) is 0. The fourth-order valence-corrected chi connectivity index (χ4v) is 1.46. The molecule has 5 heteroatoms. The third kappa shape index (κ3) is 3.49. The Morgan fingerprint density at radius 3 is 2.56 bits per heavy atom. The molecule has 0 fully saturated rings. The van der Waals surface area contributed by atoms with Gasteiger partial charge in [-0.2, -0.15) is 0 Å². The lowest BCUT2D eigenvalue weighted by Gasteiger charge is -2.26. The number of hydrogen-bond acceptors (Lipinski definition) is 4. The molecule has 1 aromatic rings. The summed E-state index contributed by atoms with van der Waals surface area (Å²) in [6.45, 7) is 6.87. The Balaban J connectivity index is 2.78. The van der Waals surface area contributed by atoms with Gasteiger partial charge in [-0.25, -0.2) is 4.98 Å². The zero-order valence-electron chi connectivity index (χ0n) is 10.2. The van der Waals surface area contributed by atoms with Gasteiger partial charge < -0.3 is 10.6 Å². The maximum atomic E-state index is 11.9. The van der Waals surface area contributed by atoms with Crippen molar-refractivity contribution in [1.82, 2.24) is 14.9 Å². The molecule has 16 heavy (non-hydrogen) atoms. The molecule has 2 N–H and O–H groups in total. The van der Waals surface area contributed by atoms with E-state index < -0.39 is 0 Å². The van der Waals surface area contributed by atoms with Gasteiger partial charge in [-0.3, -0.25) is 9.78 Å². The van der Waals surface area contributed by atoms with Gasteiger partial charge in [-0.15, -0.1) is 0 Å². The zero-order valence-corrected chi connectivity index (χ0v) is 10.2. The molecule has 5 nitrogen and oxygen atoms in total. The highest BCUT2D eigenvalue weighted by Crippen LogP contribution is 2.15. The van der Waals surface area contributed by atoms with Gasteiger partial charge in [0.05, 0.1) is 12.4 Å². The minimum absolute atomic E-state index is 0.0537. The average molecular weight is 222 g/mol. The van der Waals surface area contributed by atoms with Crippen LogP contribution in [0.1, 0.15) is 31.3 Å². The number of rotatable bonds is 2. The third-order valence-corrected chi connectivity index (χ3v) is 1.93. The van der Waals surface area contributed by atoms with Crippen LogP contribution in [0.4, 0.5) is 5.82 Å². The largest absolute Gasteiger partial charge is 0.382 e. The molecule has 0 aliphatic carbocycles. The van der Waals surface area contributed by atoms with Crippen molar-refractivity contribution in [2.24, 2.45) is 5.41 Å². The van der Waals surface area contributed by atoms with Gasteiger partial charge in [0.1, 0.15) is 11.5 Å². The molecule has 88 valence electrons. The Bertz CT molecular complexity index is 384. The van der Waals surface area contributed by atoms with Crippen molar-refractivity contribution in [3.63, 3.8) is 0 Å². The molecule has 0 unspecified atom stereocenters. The van der Waals surface area contributed by atoms with Crippen LogP contribution in [0.5, 0.6) is 0 Å². The number of amides is 1. The van der Waals surface area contributed by atoms with Gasteiger partial charge in [0.2, 0.25) is 0 Å². The van der Waals surface area contributed by atoms with Crippen LogP contribution < -0.4 is 5.73 Å². The second-order valence-corrected chi connectivity index (χ2v) is 5.05. The summed E-state index contributed by atoms with van der Waals surface area (Å²) in [7, 11) is 1.75. The highest BCUT2D eigenvalue weighted by Gasteiger charge is 2.19. The first-order chi connectivity index (χ1) is 7.29. The lowest BCUT2D eigenvalue weighted by atomic mass is 9.96. The maximum Gasteiger partial charge on any atom is 0.273 e. The summed E-state index contributed by atoms with van der Waals surface area (Å²) >= 11 is 0. The topological polar surface area (TPSA) is 72.1 Å². The molecule has 0 aliphatic rings. The van der Waals surface area contributed by atoms with Gasteiger partial charge in [0.25, 0.3) is 5.91 Å². The molecule has 1 rings (SSSR count). The smallest absolute Gasteiger partial charge is 0.273 e. The van der Waals surface area contributed by atoms with Crippen LogP contribution >= 0.6 is 0 Å². The Morgan fingerprint density at radius 2 is 2.06 bits per heavy atom. The van der Waals surface area contributed by atoms with Gasteiger partial charge in [-0.05, 0) is 5.41 Å². The van der Waals surface area contributed by atoms with Crippen LogP contribution in [0.15, 0.2) is 12.4 Å². The van der Waals surface area contributed by atoms with Crippen molar-refractivity contribution < 1.29 is 4.79 Å². The summed E-state index contributed by atoms with van der Waals surface area (Å²) < 4.78 is 0. The highest BCUT2D eigenvalue weighted by molar-refractivity contribution is 5.92. The van der Waals surface area contributed by atoms with Gasteiger partial charge in [-0.1, -0.05) is 20.8 Å². The van der Waals surface area contributed by atoms with E-state index in [1.54, 1.807) is 11.9 Å². The van der Waals surface area contributed by atoms with E-state index in [1.165, 1.54) is 12.4 Å². The molecule has 0 spiro atoms. The highest BCUT2D eigenvalue weighted by atomic mass is 16.2. The fourth-order valence-electron chi connectivity index (χ4n) is 1.46. The maximum absolute atomic E-state index is 11.9. The molecular formula is C11H18N4O. The Kier molecular flexibility index (Phi) is 3.47. The van der Waals surface area contributed by atoms with Crippen LogP contribution in [-0.4, -0.2) is 34.4 Å². The standard InChI is InChI=1S/C11H18N4O/c1-11(2,3)7-15(4)10(16)8-5-13-6-9(12)14-8/h5-6H,7H2,1-4H3,(H2,12,14). The van der Waals surface area contributed by atoms with Crippen molar-refractivity contribution in [3.05, 3.63) is 18.1 Å². The van der Waals surface area contributed by atoms with E-state index in [4.69, 9.17) is 5.73 Å². The SMILES string of the molecule is CN(CC(C)(C)C)C(=O)c1cncc(N)n1. The summed E-state index contributed by atoms with van der Waals surface area (Å²) in [5.41, 5.74) is 5.82. The zero-order chi connectivity index (χ0) is 12.3. The Labute approximate surface area is 95.7 Å². The number of nitrogens with zero attached hydrogens (tertiary/aromatic N) is 3. The van der Waals surface area contributed by atoms with E-state index in [-0.39, 0.29) is 22.8 Å². The second-order valence-electron chi connectivity index (χ2n) is 5.05. The number of anilines is 1. The number of nitrogens with two attached hydrogens (primary N) is 1. The second kappa shape index (κ2) is 4.47. The molecular weight excluding hydrogens is 204 g/mol. The average Bonchev–Trinajstić information content (AvgIpc) is 2.14. The van der Waals surface area contributed by atoms with Crippen LogP contribution in [0.2, 0.25) is 0 Å². The predicted molar refractivity (Wildman–Crippen MR) is 62.9 cm³/mol. The minimum atomic E-state index is -0.158. The van der Waals surface area contributed by atoms with Gasteiger partial charge in [0, 0.05) is 13.6 Å². The van der Waals surface area contributed by atoms with Crippen LogP contribution in [0.25, 0.3) is 0 Å². The lowest BCUT2D eigenvalue weighted by molar-refractivity contribution is 0.0739. The van der Waals surface area contributed by atoms with Crippen molar-refractivity contribution in [2.75, 3.05) is 19.3 Å². The predicted octanol–water partition coefficient (Wildman–Crippen LogP) is 1.18. The van der Waals surface area contributed by atoms with Crippen LogP contribution in [0, 0.1) is 5.41 Å². The van der Waals surface area contributed by atoms with Crippen LogP contribution in [0.3, 0.4) is 0 Å². The van der Waals surface area contributed by atoms with E-state index in [0.29, 0.717) is 6.54 Å². The van der Waals surface area contributed by atoms with E-state index in [1.807, 2.05) is 0 Å². The molecule has 1 amide bonds. The molecule has 0 radical (unpaired) electrons. The van der Waals surface area contributed by atoms with Crippen LogP contribution in [-0.2, 0) is 0 Å². The lowest BCUT2D eigenvalue weighted by Crippen LogP contribution is -2.35. The Hall–Kier alpha value is -1.65. The molecule has 0 aromatic carbocycles. The molecule has 0 saturated heterocycles. The number of carbonyl (C=O) groups is 1. The normalized spacial score (nSPS) is 11.2. The number of aromatic nitrogens is 2. The summed E-state index contributed by atoms with van der Waals surface area (Å²) in [5.74, 6) is 0.102. The number of carbonyl (C=O) groups excluding carboxylic acids is 1. The first-order valence-corrected chi connectivity index (χ1v) is 5.12. The van der Waals surface area contributed by atoms with Crippen molar-refractivity contribution >= 4 is 11.7 Å². The summed E-state index contributed by atoms with van der Waals surface area (Å²) in [6.07, 6.45) is 2.85. The molecule has 0 aliphatic heterocycles. The van der Waals surface area contributed by atoms with Gasteiger partial charge in [0.15, 0.2) is 0 Å². The minimum Gasteiger partial charge on any atom is -0.382 e. The van der Waals surface area contributed by atoms with Crippen molar-refractivity contribution in [1.29, 1.82) is 0 Å². The summed E-state index contributed by atoms with van der Waals surface area (Å²) in [4.78, 5) is 21.4. The molecule has 1 heterocycles. The van der Waals surface area contributed by atoms with Gasteiger partial charge >= 0.3 is 0 Å². The quantitative estimate of drug-likeness (QED) is 0.815. The number of nitrogen functional groups attached to an aromatic ring is 1. The van der Waals surface area contributed by atoms with E-state index in [9.17, 15) is 4.79 Å². The molecule has 0 saturated carbocycles. The molecule has 0 bridgehead atoms. The fraction of sp³-hybridized carbons (Fsp3) is 0.545. The number of hydrogen-bond donors (Lipinski definition) is 1.